The van der Waals surface area contributed by atoms with Crippen molar-refractivity contribution >= 4 is 10.9 Å². The van der Waals surface area contributed by atoms with Crippen molar-refractivity contribution in [2.45, 2.75) is 40.4 Å². The zero-order valence-electron chi connectivity index (χ0n) is 16.0. The van der Waals surface area contributed by atoms with Crippen molar-refractivity contribution in [2.75, 3.05) is 13.2 Å². The number of rotatable bonds is 7. The average molecular weight is 374 g/mol. The van der Waals surface area contributed by atoms with E-state index in [2.05, 4.69) is 10.2 Å². The minimum absolute atomic E-state index is 0.307. The van der Waals surface area contributed by atoms with Gasteiger partial charge in [0.25, 0.3) is 0 Å². The van der Waals surface area contributed by atoms with Gasteiger partial charge in [-0.15, -0.1) is 0 Å². The van der Waals surface area contributed by atoms with Crippen LogP contribution in [0.2, 0.25) is 0 Å². The summed E-state index contributed by atoms with van der Waals surface area (Å²) in [5.74, 6) is -0.753. The Balaban J connectivity index is 2.13. The van der Waals surface area contributed by atoms with Crippen LogP contribution < -0.4 is 0 Å². The highest BCUT2D eigenvalue weighted by molar-refractivity contribution is 5.87. The molecule has 0 saturated carbocycles. The summed E-state index contributed by atoms with van der Waals surface area (Å²) in [5.41, 5.74) is 3.71. The lowest BCUT2D eigenvalue weighted by Crippen LogP contribution is -2.10. The summed E-state index contributed by atoms with van der Waals surface area (Å²) in [5, 5.41) is 7.40. The van der Waals surface area contributed by atoms with Crippen LogP contribution in [-0.2, 0) is 15.9 Å². The molecule has 1 heterocycles. The van der Waals surface area contributed by atoms with E-state index in [0.717, 1.165) is 12.0 Å². The van der Waals surface area contributed by atoms with Gasteiger partial charge in [-0.05, 0) is 67.6 Å². The number of ether oxygens (including phenoxy) is 2. The van der Waals surface area contributed by atoms with Crippen LogP contribution in [0.4, 0.5) is 8.78 Å². The average Bonchev–Trinajstić information content (AvgIpc) is 3.08. The predicted octanol–water partition coefficient (Wildman–Crippen LogP) is 5.45. The molecule has 0 amide bonds. The maximum atomic E-state index is 15.0. The molecule has 0 unspecified atom stereocenters. The normalized spacial score (nSPS) is 11.7. The van der Waals surface area contributed by atoms with Crippen LogP contribution in [0.3, 0.4) is 0 Å². The molecule has 27 heavy (non-hydrogen) atoms. The molecule has 2 aromatic carbocycles. The Kier molecular flexibility index (Phi) is 5.87. The maximum absolute atomic E-state index is 15.0. The molecule has 1 aromatic heterocycles. The molecule has 4 nitrogen and oxygen atoms in total. The highest BCUT2D eigenvalue weighted by atomic mass is 19.1. The quantitative estimate of drug-likeness (QED) is 0.559. The van der Waals surface area contributed by atoms with Crippen molar-refractivity contribution in [1.82, 2.24) is 10.2 Å². The molecule has 0 saturated heterocycles. The second-order valence-corrected chi connectivity index (χ2v) is 6.34. The standard InChI is InChI=1S/C21H24F2N2O2/c1-5-13-8-12(4)16(22)11-15(13)14-9-17(23)19-18(10-14)24-25-20(19)21(26-6-2)27-7-3/h8-11,21H,5-7H2,1-4H3,(H,24,25). The molecular formula is C21H24F2N2O2. The highest BCUT2D eigenvalue weighted by Crippen LogP contribution is 2.34. The first-order valence-electron chi connectivity index (χ1n) is 9.20. The first kappa shape index (κ1) is 19.5. The van der Waals surface area contributed by atoms with Gasteiger partial charge < -0.3 is 9.47 Å². The minimum atomic E-state index is -0.714. The number of nitrogens with one attached hydrogen (secondary N) is 1. The topological polar surface area (TPSA) is 47.1 Å². The summed E-state index contributed by atoms with van der Waals surface area (Å²) < 4.78 is 40.3. The lowest BCUT2D eigenvalue weighted by Gasteiger charge is -2.16. The molecule has 0 atom stereocenters. The Bertz CT molecular complexity index is 947. The van der Waals surface area contributed by atoms with Gasteiger partial charge in [-0.2, -0.15) is 5.10 Å². The number of hydrogen-bond donors (Lipinski definition) is 1. The molecule has 144 valence electrons. The largest absolute Gasteiger partial charge is 0.347 e. The van der Waals surface area contributed by atoms with Crippen molar-refractivity contribution in [3.63, 3.8) is 0 Å². The third kappa shape index (κ3) is 3.73. The molecule has 0 aliphatic carbocycles. The smallest absolute Gasteiger partial charge is 0.201 e. The fraction of sp³-hybridized carbons (Fsp3) is 0.381. The van der Waals surface area contributed by atoms with Gasteiger partial charge in [0, 0.05) is 13.2 Å². The fourth-order valence-corrected chi connectivity index (χ4v) is 3.27. The zero-order chi connectivity index (χ0) is 19.6. The second kappa shape index (κ2) is 8.15. The molecule has 0 aliphatic rings. The molecule has 0 bridgehead atoms. The Hall–Kier alpha value is -2.31. The third-order valence-corrected chi connectivity index (χ3v) is 4.58. The molecule has 3 aromatic rings. The van der Waals surface area contributed by atoms with Crippen LogP contribution >= 0.6 is 0 Å². The van der Waals surface area contributed by atoms with E-state index in [1.807, 2.05) is 26.8 Å². The molecule has 1 N–H and O–H groups in total. The molecular weight excluding hydrogens is 350 g/mol. The summed E-state index contributed by atoms with van der Waals surface area (Å²) in [6, 6.07) is 6.45. The van der Waals surface area contributed by atoms with E-state index in [0.29, 0.717) is 46.5 Å². The van der Waals surface area contributed by atoms with Gasteiger partial charge >= 0.3 is 0 Å². The van der Waals surface area contributed by atoms with Crippen LogP contribution in [0.25, 0.3) is 22.0 Å². The first-order valence-corrected chi connectivity index (χ1v) is 9.20. The van der Waals surface area contributed by atoms with Gasteiger partial charge in [-0.1, -0.05) is 13.0 Å². The molecule has 3 rings (SSSR count). The van der Waals surface area contributed by atoms with Crippen LogP contribution in [0.15, 0.2) is 24.3 Å². The minimum Gasteiger partial charge on any atom is -0.347 e. The van der Waals surface area contributed by atoms with Gasteiger partial charge in [0.1, 0.15) is 17.3 Å². The summed E-state index contributed by atoms with van der Waals surface area (Å²) in [6.07, 6.45) is 0.00644. The summed E-state index contributed by atoms with van der Waals surface area (Å²) in [7, 11) is 0. The maximum Gasteiger partial charge on any atom is 0.201 e. The van der Waals surface area contributed by atoms with E-state index >= 15 is 4.39 Å². The van der Waals surface area contributed by atoms with Gasteiger partial charge in [-0.3, -0.25) is 5.10 Å². The monoisotopic (exact) mass is 374 g/mol. The van der Waals surface area contributed by atoms with Crippen molar-refractivity contribution in [2.24, 2.45) is 0 Å². The SMILES string of the molecule is CCOC(OCC)c1[nH]nc2cc(-c3cc(F)c(C)cc3CC)cc(F)c12. The van der Waals surface area contributed by atoms with E-state index in [4.69, 9.17) is 9.47 Å². The number of nitrogens with zero attached hydrogens (tertiary/aromatic N) is 1. The summed E-state index contributed by atoms with van der Waals surface area (Å²) in [6.45, 7) is 8.26. The Labute approximate surface area is 157 Å². The Morgan fingerprint density at radius 2 is 1.70 bits per heavy atom. The van der Waals surface area contributed by atoms with Gasteiger partial charge in [0.15, 0.2) is 0 Å². The zero-order valence-corrected chi connectivity index (χ0v) is 16.0. The van der Waals surface area contributed by atoms with E-state index in [1.54, 1.807) is 13.0 Å². The molecule has 6 heteroatoms. The van der Waals surface area contributed by atoms with E-state index in [9.17, 15) is 4.39 Å². The fourth-order valence-electron chi connectivity index (χ4n) is 3.27. The summed E-state index contributed by atoms with van der Waals surface area (Å²) in [4.78, 5) is 0. The Morgan fingerprint density at radius 3 is 2.33 bits per heavy atom. The number of aromatic amines is 1. The van der Waals surface area contributed by atoms with E-state index in [1.165, 1.54) is 12.1 Å². The molecule has 0 radical (unpaired) electrons. The number of hydrogen-bond acceptors (Lipinski definition) is 3. The number of benzene rings is 2. The van der Waals surface area contributed by atoms with Gasteiger partial charge in [-0.25, -0.2) is 8.78 Å². The van der Waals surface area contributed by atoms with E-state index < -0.39 is 12.1 Å². The lowest BCUT2D eigenvalue weighted by molar-refractivity contribution is -0.141. The van der Waals surface area contributed by atoms with Crippen LogP contribution in [0, 0.1) is 18.6 Å². The summed E-state index contributed by atoms with van der Waals surface area (Å²) >= 11 is 0. The number of aryl methyl sites for hydroxylation is 2. The van der Waals surface area contributed by atoms with Gasteiger partial charge in [0.2, 0.25) is 6.29 Å². The molecule has 0 aliphatic heterocycles. The predicted molar refractivity (Wildman–Crippen MR) is 102 cm³/mol. The second-order valence-electron chi connectivity index (χ2n) is 6.34. The molecule has 0 spiro atoms. The van der Waals surface area contributed by atoms with E-state index in [-0.39, 0.29) is 5.82 Å². The number of fused-ring (bicyclic) bond motifs is 1. The van der Waals surface area contributed by atoms with Crippen LogP contribution in [-0.4, -0.2) is 23.4 Å². The highest BCUT2D eigenvalue weighted by Gasteiger charge is 2.22. The van der Waals surface area contributed by atoms with Crippen molar-refractivity contribution in [3.05, 3.63) is 52.7 Å². The van der Waals surface area contributed by atoms with Crippen molar-refractivity contribution in [1.29, 1.82) is 0 Å². The number of aromatic nitrogens is 2. The third-order valence-electron chi connectivity index (χ3n) is 4.58. The van der Waals surface area contributed by atoms with Crippen molar-refractivity contribution < 1.29 is 18.3 Å². The number of halogens is 2. The Morgan fingerprint density at radius 1 is 1.00 bits per heavy atom. The molecule has 0 fully saturated rings. The van der Waals surface area contributed by atoms with Crippen molar-refractivity contribution in [3.8, 4) is 11.1 Å². The van der Waals surface area contributed by atoms with Gasteiger partial charge in [0.05, 0.1) is 10.9 Å². The van der Waals surface area contributed by atoms with Crippen LogP contribution in [0.5, 0.6) is 0 Å². The number of H-pyrrole nitrogens is 1. The lowest BCUT2D eigenvalue weighted by atomic mass is 9.95. The first-order chi connectivity index (χ1) is 13.0. The van der Waals surface area contributed by atoms with Crippen LogP contribution in [0.1, 0.15) is 43.9 Å².